The first-order valence-corrected chi connectivity index (χ1v) is 5.75. The molecule has 0 aliphatic carbocycles. The average Bonchev–Trinajstić information content (AvgIpc) is 2.17. The smallest absolute Gasteiger partial charge is 0.0580 e. The summed E-state index contributed by atoms with van der Waals surface area (Å²) in [4.78, 5) is 0.863. The van der Waals surface area contributed by atoms with Gasteiger partial charge in [-0.25, -0.2) is 8.51 Å². The quantitative estimate of drug-likeness (QED) is 0.660. The van der Waals surface area contributed by atoms with Crippen LogP contribution in [0, 0.1) is 0 Å². The summed E-state index contributed by atoms with van der Waals surface area (Å²) in [5, 5.41) is 1.75. The van der Waals surface area contributed by atoms with E-state index in [1.54, 1.807) is 9.67 Å². The molecule has 2 nitrogen and oxygen atoms in total. The summed E-state index contributed by atoms with van der Waals surface area (Å²) in [6.07, 6.45) is 0. The fraction of sp³-hybridized carbons (Fsp3) is 0.300. The van der Waals surface area contributed by atoms with Crippen LogP contribution in [0.4, 0.5) is 0 Å². The summed E-state index contributed by atoms with van der Waals surface area (Å²) < 4.78 is 14.1. The third kappa shape index (κ3) is 1.92. The molecule has 0 aromatic heterocycles. The van der Waals surface area contributed by atoms with Crippen molar-refractivity contribution in [3.8, 4) is 0 Å². The van der Waals surface area contributed by atoms with Gasteiger partial charge < -0.3 is 0 Å². The predicted molar refractivity (Wildman–Crippen MR) is 58.3 cm³/mol. The standard InChI is InChI=1S/C10H15NOS/c1-4-13(12,11(2)3)10-8-6-5-7-9-10/h4-9H,1-3H3. The van der Waals surface area contributed by atoms with Gasteiger partial charge in [0.15, 0.2) is 0 Å². The Morgan fingerprint density at radius 2 is 1.77 bits per heavy atom. The van der Waals surface area contributed by atoms with E-state index < -0.39 is 9.71 Å². The zero-order valence-electron chi connectivity index (χ0n) is 8.23. The van der Waals surface area contributed by atoms with Gasteiger partial charge in [-0.2, -0.15) is 0 Å². The maximum atomic E-state index is 12.3. The molecule has 0 amide bonds. The lowest BCUT2D eigenvalue weighted by molar-refractivity contribution is 0.599. The molecule has 0 aliphatic heterocycles. The number of hydrogen-bond donors (Lipinski definition) is 0. The molecule has 0 radical (unpaired) electrons. The van der Waals surface area contributed by atoms with Gasteiger partial charge in [0, 0.05) is 4.90 Å². The second kappa shape index (κ2) is 3.94. The predicted octanol–water partition coefficient (Wildman–Crippen LogP) is 1.63. The van der Waals surface area contributed by atoms with Crippen LogP contribution in [-0.4, -0.2) is 28.0 Å². The van der Waals surface area contributed by atoms with Crippen LogP contribution < -0.4 is 0 Å². The molecule has 0 bridgehead atoms. The van der Waals surface area contributed by atoms with Crippen molar-refractivity contribution in [3.05, 3.63) is 30.3 Å². The maximum Gasteiger partial charge on any atom is 0.0580 e. The SMILES string of the molecule is CC=S(=O)(c1ccccc1)N(C)C. The number of benzene rings is 1. The highest BCUT2D eigenvalue weighted by atomic mass is 32.2. The summed E-state index contributed by atoms with van der Waals surface area (Å²) in [5.74, 6) is 0. The summed E-state index contributed by atoms with van der Waals surface area (Å²) >= 11 is 0. The molecule has 0 saturated carbocycles. The molecule has 0 saturated heterocycles. The molecule has 72 valence electrons. The topological polar surface area (TPSA) is 20.3 Å². The van der Waals surface area contributed by atoms with Gasteiger partial charge in [-0.1, -0.05) is 18.2 Å². The highest BCUT2D eigenvalue weighted by Gasteiger charge is 2.10. The summed E-state index contributed by atoms with van der Waals surface area (Å²) in [5.41, 5.74) is 0. The average molecular weight is 197 g/mol. The van der Waals surface area contributed by atoms with Crippen LogP contribution in [0.2, 0.25) is 0 Å². The zero-order chi connectivity index (χ0) is 9.90. The van der Waals surface area contributed by atoms with Crippen LogP contribution in [0.1, 0.15) is 6.92 Å². The summed E-state index contributed by atoms with van der Waals surface area (Å²) in [6, 6.07) is 9.52. The van der Waals surface area contributed by atoms with Crippen molar-refractivity contribution in [1.82, 2.24) is 4.31 Å². The molecule has 1 rings (SSSR count). The van der Waals surface area contributed by atoms with Crippen LogP contribution in [0.25, 0.3) is 0 Å². The molecule has 0 heterocycles. The third-order valence-corrected chi connectivity index (χ3v) is 4.61. The number of rotatable bonds is 2. The minimum absolute atomic E-state index is 0.863. The van der Waals surface area contributed by atoms with Crippen molar-refractivity contribution in [2.24, 2.45) is 0 Å². The van der Waals surface area contributed by atoms with E-state index in [4.69, 9.17) is 0 Å². The first-order valence-electron chi connectivity index (χ1n) is 4.17. The van der Waals surface area contributed by atoms with E-state index in [0.29, 0.717) is 0 Å². The van der Waals surface area contributed by atoms with Gasteiger partial charge >= 0.3 is 0 Å². The largest absolute Gasteiger partial charge is 0.247 e. The van der Waals surface area contributed by atoms with E-state index in [-0.39, 0.29) is 0 Å². The van der Waals surface area contributed by atoms with Gasteiger partial charge in [-0.3, -0.25) is 0 Å². The Morgan fingerprint density at radius 3 is 2.15 bits per heavy atom. The first kappa shape index (κ1) is 10.3. The van der Waals surface area contributed by atoms with Crippen molar-refractivity contribution >= 4 is 15.1 Å². The van der Waals surface area contributed by atoms with E-state index in [0.717, 1.165) is 4.90 Å². The molecular weight excluding hydrogens is 182 g/mol. The van der Waals surface area contributed by atoms with Crippen LogP contribution >= 0.6 is 0 Å². The van der Waals surface area contributed by atoms with Crippen molar-refractivity contribution in [2.75, 3.05) is 14.1 Å². The molecule has 0 fully saturated rings. The van der Waals surface area contributed by atoms with E-state index in [2.05, 4.69) is 0 Å². The van der Waals surface area contributed by atoms with Gasteiger partial charge in [0.2, 0.25) is 0 Å². The highest BCUT2D eigenvalue weighted by Crippen LogP contribution is 2.12. The lowest BCUT2D eigenvalue weighted by atomic mass is 10.4. The van der Waals surface area contributed by atoms with Crippen molar-refractivity contribution in [2.45, 2.75) is 11.8 Å². The van der Waals surface area contributed by atoms with E-state index in [9.17, 15) is 4.21 Å². The van der Waals surface area contributed by atoms with Crippen molar-refractivity contribution in [3.63, 3.8) is 0 Å². The normalized spacial score (nSPS) is 15.4. The van der Waals surface area contributed by atoms with Crippen LogP contribution in [0.3, 0.4) is 0 Å². The molecule has 1 aromatic carbocycles. The summed E-state index contributed by atoms with van der Waals surface area (Å²) in [6.45, 7) is 1.83. The Kier molecular flexibility index (Phi) is 3.12. The Hall–Kier alpha value is -0.800. The molecule has 1 unspecified atom stereocenters. The van der Waals surface area contributed by atoms with Crippen molar-refractivity contribution < 1.29 is 4.21 Å². The molecule has 13 heavy (non-hydrogen) atoms. The molecule has 0 spiro atoms. The van der Waals surface area contributed by atoms with E-state index in [1.807, 2.05) is 51.4 Å². The summed E-state index contributed by atoms with van der Waals surface area (Å²) in [7, 11) is 1.54. The minimum atomic E-state index is -2.11. The van der Waals surface area contributed by atoms with Crippen LogP contribution in [0.15, 0.2) is 35.2 Å². The molecule has 0 aliphatic rings. The molecule has 1 atom stereocenters. The Labute approximate surface area is 80.3 Å². The molecule has 1 aromatic rings. The monoisotopic (exact) mass is 197 g/mol. The lowest BCUT2D eigenvalue weighted by Crippen LogP contribution is -2.23. The lowest BCUT2D eigenvalue weighted by Gasteiger charge is -2.17. The fourth-order valence-corrected chi connectivity index (χ4v) is 2.84. The highest BCUT2D eigenvalue weighted by molar-refractivity contribution is 7.99. The Morgan fingerprint density at radius 1 is 1.23 bits per heavy atom. The number of hydrogen-bond acceptors (Lipinski definition) is 1. The second-order valence-electron chi connectivity index (χ2n) is 2.93. The molecule has 0 N–H and O–H groups in total. The van der Waals surface area contributed by atoms with Crippen LogP contribution in [0.5, 0.6) is 0 Å². The van der Waals surface area contributed by atoms with Crippen LogP contribution in [-0.2, 0) is 9.71 Å². The molecular formula is C10H15NOS. The first-order chi connectivity index (χ1) is 6.11. The Balaban J connectivity index is 3.29. The Bertz CT molecular complexity index is 375. The maximum absolute atomic E-state index is 12.3. The van der Waals surface area contributed by atoms with Gasteiger partial charge in [0.05, 0.1) is 9.71 Å². The van der Waals surface area contributed by atoms with Gasteiger partial charge in [-0.05, 0) is 38.5 Å². The number of nitrogens with zero attached hydrogens (tertiary/aromatic N) is 1. The second-order valence-corrected chi connectivity index (χ2v) is 5.74. The zero-order valence-corrected chi connectivity index (χ0v) is 9.04. The minimum Gasteiger partial charge on any atom is -0.247 e. The third-order valence-electron chi connectivity index (χ3n) is 1.94. The van der Waals surface area contributed by atoms with Gasteiger partial charge in [0.1, 0.15) is 0 Å². The van der Waals surface area contributed by atoms with E-state index in [1.165, 1.54) is 0 Å². The van der Waals surface area contributed by atoms with Gasteiger partial charge in [0.25, 0.3) is 0 Å². The van der Waals surface area contributed by atoms with Crippen molar-refractivity contribution in [1.29, 1.82) is 0 Å². The fourth-order valence-electron chi connectivity index (χ4n) is 1.17. The molecule has 3 heteroatoms. The van der Waals surface area contributed by atoms with Gasteiger partial charge in [-0.15, -0.1) is 0 Å². The van der Waals surface area contributed by atoms with E-state index >= 15 is 0 Å².